The van der Waals surface area contributed by atoms with E-state index in [0.29, 0.717) is 35.9 Å². The number of anilines is 1. The third kappa shape index (κ3) is 3.41. The van der Waals surface area contributed by atoms with Crippen LogP contribution in [0.5, 0.6) is 17.2 Å². The van der Waals surface area contributed by atoms with Gasteiger partial charge in [0, 0.05) is 41.8 Å². The fraction of sp³-hybridized carbons (Fsp3) is 0.167. The van der Waals surface area contributed by atoms with Crippen LogP contribution in [0.15, 0.2) is 85.2 Å². The Balaban J connectivity index is 1.15. The molecule has 188 valence electrons. The van der Waals surface area contributed by atoms with E-state index in [0.717, 1.165) is 27.9 Å². The lowest BCUT2D eigenvalue weighted by Gasteiger charge is -2.23. The molecule has 3 aromatic carbocycles. The number of carbonyl (C=O) groups is 2. The predicted octanol–water partition coefficient (Wildman–Crippen LogP) is 3.97. The number of aromatic nitrogens is 1. The van der Waals surface area contributed by atoms with Crippen molar-refractivity contribution in [2.75, 3.05) is 18.3 Å². The molecule has 0 saturated heterocycles. The molecule has 8 nitrogen and oxygen atoms in total. The van der Waals surface area contributed by atoms with Crippen molar-refractivity contribution in [2.24, 2.45) is 0 Å². The van der Waals surface area contributed by atoms with Crippen molar-refractivity contribution in [3.63, 3.8) is 0 Å². The fourth-order valence-corrected chi connectivity index (χ4v) is 5.45. The third-order valence-electron chi connectivity index (χ3n) is 7.40. The first-order chi connectivity index (χ1) is 18.6. The van der Waals surface area contributed by atoms with Gasteiger partial charge in [0.05, 0.1) is 6.54 Å². The van der Waals surface area contributed by atoms with E-state index in [1.165, 1.54) is 0 Å². The van der Waals surface area contributed by atoms with E-state index in [-0.39, 0.29) is 25.2 Å². The van der Waals surface area contributed by atoms with Crippen molar-refractivity contribution in [1.82, 2.24) is 10.3 Å². The minimum absolute atomic E-state index is 0.0458. The van der Waals surface area contributed by atoms with Gasteiger partial charge in [0.25, 0.3) is 5.91 Å². The summed E-state index contributed by atoms with van der Waals surface area (Å²) in [7, 11) is 0. The van der Waals surface area contributed by atoms with Crippen LogP contribution in [0.2, 0.25) is 0 Å². The highest BCUT2D eigenvalue weighted by atomic mass is 16.7. The molecule has 1 N–H and O–H groups in total. The Bertz CT molecular complexity index is 1570. The molecule has 0 radical (unpaired) electrons. The van der Waals surface area contributed by atoms with Crippen LogP contribution in [0.25, 0.3) is 0 Å². The summed E-state index contributed by atoms with van der Waals surface area (Å²) < 4.78 is 17.2. The summed E-state index contributed by atoms with van der Waals surface area (Å²) >= 11 is 0. The van der Waals surface area contributed by atoms with Gasteiger partial charge in [0.1, 0.15) is 17.8 Å². The Morgan fingerprint density at radius 2 is 1.63 bits per heavy atom. The first-order valence-corrected chi connectivity index (χ1v) is 12.4. The Kier molecular flexibility index (Phi) is 5.07. The first kappa shape index (κ1) is 22.4. The molecule has 1 unspecified atom stereocenters. The van der Waals surface area contributed by atoms with Crippen LogP contribution in [0.1, 0.15) is 32.6 Å². The van der Waals surface area contributed by atoms with Crippen LogP contribution in [-0.2, 0) is 23.3 Å². The summed E-state index contributed by atoms with van der Waals surface area (Å²) in [5.74, 6) is 1.68. The molecule has 4 aromatic rings. The Morgan fingerprint density at radius 1 is 0.868 bits per heavy atom. The SMILES string of the molecule is O=C(NCc1ccncc1)c1ccc(CN2C(=O)C3(COc4cc5c(cc43)OCO5)c3ccccc32)cc1. The molecule has 8 heteroatoms. The van der Waals surface area contributed by atoms with E-state index in [2.05, 4.69) is 10.3 Å². The molecule has 0 saturated carbocycles. The lowest BCUT2D eigenvalue weighted by molar-refractivity contribution is -0.122. The molecule has 3 aliphatic rings. The molecule has 2 amide bonds. The molecule has 0 fully saturated rings. The van der Waals surface area contributed by atoms with Crippen LogP contribution in [0, 0.1) is 0 Å². The molecule has 4 heterocycles. The smallest absolute Gasteiger partial charge is 0.251 e. The monoisotopic (exact) mass is 505 g/mol. The Morgan fingerprint density at radius 3 is 2.45 bits per heavy atom. The number of nitrogens with one attached hydrogen (secondary N) is 1. The number of hydrogen-bond acceptors (Lipinski definition) is 6. The van der Waals surface area contributed by atoms with Crippen LogP contribution in [-0.4, -0.2) is 30.2 Å². The maximum atomic E-state index is 14.2. The fourth-order valence-electron chi connectivity index (χ4n) is 5.45. The number of hydrogen-bond donors (Lipinski definition) is 1. The van der Waals surface area contributed by atoms with Gasteiger partial charge < -0.3 is 24.4 Å². The van der Waals surface area contributed by atoms with Crippen molar-refractivity contribution in [3.05, 3.63) is 113 Å². The van der Waals surface area contributed by atoms with Crippen LogP contribution >= 0.6 is 0 Å². The average molecular weight is 506 g/mol. The molecular weight excluding hydrogens is 482 g/mol. The predicted molar refractivity (Wildman–Crippen MR) is 138 cm³/mol. The molecule has 1 spiro atoms. The zero-order valence-electron chi connectivity index (χ0n) is 20.3. The normalized spacial score (nSPS) is 18.3. The Labute approximate surface area is 218 Å². The summed E-state index contributed by atoms with van der Waals surface area (Å²) in [6.07, 6.45) is 3.40. The molecule has 7 rings (SSSR count). The maximum Gasteiger partial charge on any atom is 0.251 e. The van der Waals surface area contributed by atoms with Gasteiger partial charge in [-0.2, -0.15) is 0 Å². The first-order valence-electron chi connectivity index (χ1n) is 12.4. The zero-order valence-corrected chi connectivity index (χ0v) is 20.3. The van der Waals surface area contributed by atoms with Crippen LogP contribution in [0.3, 0.4) is 0 Å². The van der Waals surface area contributed by atoms with Gasteiger partial charge in [-0.3, -0.25) is 14.6 Å². The van der Waals surface area contributed by atoms with Crippen molar-refractivity contribution in [2.45, 2.75) is 18.5 Å². The number of benzene rings is 3. The molecule has 0 bridgehead atoms. The van der Waals surface area contributed by atoms with E-state index in [1.54, 1.807) is 29.4 Å². The van der Waals surface area contributed by atoms with Gasteiger partial charge in [-0.05, 0) is 53.1 Å². The molecule has 0 aliphatic carbocycles. The zero-order chi connectivity index (χ0) is 25.7. The van der Waals surface area contributed by atoms with E-state index in [4.69, 9.17) is 14.2 Å². The van der Waals surface area contributed by atoms with E-state index in [9.17, 15) is 9.59 Å². The lowest BCUT2D eigenvalue weighted by Crippen LogP contribution is -2.42. The minimum atomic E-state index is -0.945. The van der Waals surface area contributed by atoms with Gasteiger partial charge >= 0.3 is 0 Å². The van der Waals surface area contributed by atoms with Crippen molar-refractivity contribution < 1.29 is 23.8 Å². The van der Waals surface area contributed by atoms with Crippen molar-refractivity contribution in [3.8, 4) is 17.2 Å². The van der Waals surface area contributed by atoms with Gasteiger partial charge in [0.2, 0.25) is 12.7 Å². The molecular formula is C30H23N3O5. The number of fused-ring (bicyclic) bond motifs is 5. The number of amides is 2. The standard InChI is InChI=1S/C30H23N3O5/c34-28(32-15-19-9-11-31-12-10-19)21-7-5-20(6-8-21)16-33-24-4-2-1-3-22(24)30(29(33)35)17-36-25-14-27-26(13-23(25)30)37-18-38-27/h1-14H,15-18H2,(H,32,34). The second-order valence-corrected chi connectivity index (χ2v) is 9.54. The number of pyridine rings is 1. The molecule has 1 aromatic heterocycles. The highest BCUT2D eigenvalue weighted by molar-refractivity contribution is 6.11. The molecule has 3 aliphatic heterocycles. The van der Waals surface area contributed by atoms with E-state index in [1.807, 2.05) is 60.7 Å². The summed E-state index contributed by atoms with van der Waals surface area (Å²) in [5, 5.41) is 2.92. The number of ether oxygens (including phenoxy) is 3. The largest absolute Gasteiger partial charge is 0.491 e. The molecule has 1 atom stereocenters. The molecule has 38 heavy (non-hydrogen) atoms. The van der Waals surface area contributed by atoms with Gasteiger partial charge in [-0.15, -0.1) is 0 Å². The summed E-state index contributed by atoms with van der Waals surface area (Å²) in [4.78, 5) is 32.6. The Hall–Kier alpha value is -4.85. The maximum absolute atomic E-state index is 14.2. The van der Waals surface area contributed by atoms with Gasteiger partial charge in [-0.25, -0.2) is 0 Å². The average Bonchev–Trinajstić information content (AvgIpc) is 3.64. The van der Waals surface area contributed by atoms with Crippen LogP contribution < -0.4 is 24.4 Å². The summed E-state index contributed by atoms with van der Waals surface area (Å²) in [6.45, 7) is 1.17. The van der Waals surface area contributed by atoms with Crippen LogP contribution in [0.4, 0.5) is 5.69 Å². The summed E-state index contributed by atoms with van der Waals surface area (Å²) in [6, 6.07) is 22.6. The second-order valence-electron chi connectivity index (χ2n) is 9.54. The van der Waals surface area contributed by atoms with Crippen molar-refractivity contribution in [1.29, 1.82) is 0 Å². The van der Waals surface area contributed by atoms with Gasteiger partial charge in [-0.1, -0.05) is 30.3 Å². The highest BCUT2D eigenvalue weighted by Gasteiger charge is 2.57. The third-order valence-corrected chi connectivity index (χ3v) is 7.40. The second kappa shape index (κ2) is 8.62. The minimum Gasteiger partial charge on any atom is -0.491 e. The van der Waals surface area contributed by atoms with E-state index < -0.39 is 5.41 Å². The van der Waals surface area contributed by atoms with Gasteiger partial charge in [0.15, 0.2) is 11.5 Å². The summed E-state index contributed by atoms with van der Waals surface area (Å²) in [5.41, 5.74) is 4.07. The number of nitrogens with zero attached hydrogens (tertiary/aromatic N) is 2. The quantitative estimate of drug-likeness (QED) is 0.442. The van der Waals surface area contributed by atoms with Crippen molar-refractivity contribution >= 4 is 17.5 Å². The number of carbonyl (C=O) groups excluding carboxylic acids is 2. The number of rotatable bonds is 5. The van der Waals surface area contributed by atoms with E-state index >= 15 is 0 Å². The number of para-hydroxylation sites is 1. The highest BCUT2D eigenvalue weighted by Crippen LogP contribution is 2.55. The topological polar surface area (TPSA) is 90.0 Å². The lowest BCUT2D eigenvalue weighted by atomic mass is 9.77.